The Hall–Kier alpha value is -3.53. The molecule has 236 valence electrons. The number of sulfone groups is 1. The van der Waals surface area contributed by atoms with Crippen molar-refractivity contribution in [2.24, 2.45) is 0 Å². The maximum atomic E-state index is 13.1. The number of anilines is 1. The van der Waals surface area contributed by atoms with Crippen LogP contribution in [0.2, 0.25) is 0 Å². The fourth-order valence-corrected chi connectivity index (χ4v) is 7.20. The highest BCUT2D eigenvalue weighted by molar-refractivity contribution is 7.90. The van der Waals surface area contributed by atoms with Crippen molar-refractivity contribution in [1.29, 1.82) is 0 Å². The zero-order valence-corrected chi connectivity index (χ0v) is 26.1. The van der Waals surface area contributed by atoms with Crippen LogP contribution in [0.15, 0.2) is 47.6 Å². The smallest absolute Gasteiger partial charge is 0.393 e. The maximum absolute atomic E-state index is 13.1. The van der Waals surface area contributed by atoms with E-state index in [4.69, 9.17) is 9.47 Å². The van der Waals surface area contributed by atoms with Gasteiger partial charge in [-0.25, -0.2) is 13.4 Å². The second kappa shape index (κ2) is 12.5. The Bertz CT molecular complexity index is 1750. The van der Waals surface area contributed by atoms with Crippen molar-refractivity contribution in [3.05, 3.63) is 53.0 Å². The van der Waals surface area contributed by atoms with Crippen LogP contribution in [-0.4, -0.2) is 80.4 Å². The number of fused-ring (bicyclic) bond motifs is 1. The van der Waals surface area contributed by atoms with Crippen molar-refractivity contribution in [2.45, 2.75) is 55.2 Å². The van der Waals surface area contributed by atoms with Crippen LogP contribution in [-0.2, 0) is 22.8 Å². The van der Waals surface area contributed by atoms with Crippen molar-refractivity contribution < 1.29 is 36.2 Å². The summed E-state index contributed by atoms with van der Waals surface area (Å²) < 4.78 is 73.5. The Kier molecular flexibility index (Phi) is 9.03. The van der Waals surface area contributed by atoms with Gasteiger partial charge in [-0.3, -0.25) is 0 Å². The molecule has 0 aliphatic heterocycles. The molecule has 0 amide bonds. The predicted molar refractivity (Wildman–Crippen MR) is 161 cm³/mol. The lowest BCUT2D eigenvalue weighted by molar-refractivity contribution is -0.126. The van der Waals surface area contributed by atoms with Crippen LogP contribution in [0, 0.1) is 0 Å². The fourth-order valence-electron chi connectivity index (χ4n) is 5.41. The molecule has 0 spiro atoms. The molecule has 1 fully saturated rings. The van der Waals surface area contributed by atoms with Gasteiger partial charge >= 0.3 is 12.2 Å². The van der Waals surface area contributed by atoms with E-state index in [1.54, 1.807) is 18.0 Å². The summed E-state index contributed by atoms with van der Waals surface area (Å²) in [5, 5.41) is 14.8. The number of hydrogen-bond acceptors (Lipinski definition) is 11. The fraction of sp³-hybridized carbons (Fsp3) is 0.414. The number of rotatable bonds is 10. The normalized spacial score (nSPS) is 19.0. The van der Waals surface area contributed by atoms with Crippen molar-refractivity contribution >= 4 is 37.2 Å². The van der Waals surface area contributed by atoms with E-state index in [0.29, 0.717) is 41.0 Å². The molecule has 3 aromatic heterocycles. The van der Waals surface area contributed by atoms with Crippen molar-refractivity contribution in [3.8, 4) is 22.9 Å². The van der Waals surface area contributed by atoms with Crippen LogP contribution >= 0.6 is 11.3 Å². The van der Waals surface area contributed by atoms with Crippen LogP contribution < -0.4 is 19.7 Å². The van der Waals surface area contributed by atoms with Crippen LogP contribution in [0.3, 0.4) is 0 Å². The first-order chi connectivity index (χ1) is 20.8. The van der Waals surface area contributed by atoms with Gasteiger partial charge in [0.1, 0.15) is 10.6 Å². The summed E-state index contributed by atoms with van der Waals surface area (Å²) in [6.07, 6.45) is -2.45. The SMILES string of the molecule is COc1nc(N(C)[C@H]2C[C@@H](NCc3ccc(-c4cnc(S(C)(=O)=O)c(OC)c4)cc3)C[C@H]2O)c2cc(CC(F)(F)F)sc2n1. The highest BCUT2D eigenvalue weighted by atomic mass is 32.2. The number of aliphatic hydroxyl groups is 1. The number of thiophene rings is 1. The average molecular weight is 652 g/mol. The highest BCUT2D eigenvalue weighted by Crippen LogP contribution is 2.37. The summed E-state index contributed by atoms with van der Waals surface area (Å²) >= 11 is 0.951. The molecule has 0 saturated heterocycles. The summed E-state index contributed by atoms with van der Waals surface area (Å²) in [5.41, 5.74) is 2.56. The molecule has 3 heterocycles. The maximum Gasteiger partial charge on any atom is 0.393 e. The van der Waals surface area contributed by atoms with Crippen molar-refractivity contribution in [1.82, 2.24) is 20.3 Å². The van der Waals surface area contributed by atoms with Gasteiger partial charge in [-0.15, -0.1) is 11.3 Å². The Morgan fingerprint density at radius 2 is 1.82 bits per heavy atom. The summed E-state index contributed by atoms with van der Waals surface area (Å²) in [7, 11) is 1.03. The van der Waals surface area contributed by atoms with E-state index >= 15 is 0 Å². The van der Waals surface area contributed by atoms with Gasteiger partial charge in [0.15, 0.2) is 20.6 Å². The molecule has 15 heteroatoms. The second-order valence-electron chi connectivity index (χ2n) is 10.8. The van der Waals surface area contributed by atoms with Crippen molar-refractivity contribution in [3.63, 3.8) is 0 Å². The molecule has 0 radical (unpaired) electrons. The number of pyridine rings is 1. The second-order valence-corrected chi connectivity index (χ2v) is 13.8. The van der Waals surface area contributed by atoms with Gasteiger partial charge < -0.3 is 24.8 Å². The molecule has 1 aliphatic carbocycles. The number of nitrogens with zero attached hydrogens (tertiary/aromatic N) is 4. The zero-order chi connectivity index (χ0) is 31.8. The van der Waals surface area contributed by atoms with E-state index in [0.717, 1.165) is 28.7 Å². The van der Waals surface area contributed by atoms with Gasteiger partial charge in [0, 0.05) is 42.5 Å². The van der Waals surface area contributed by atoms with E-state index in [2.05, 4.69) is 20.3 Å². The Labute approximate surface area is 256 Å². The summed E-state index contributed by atoms with van der Waals surface area (Å²) in [5.74, 6) is 0.587. The lowest BCUT2D eigenvalue weighted by Gasteiger charge is -2.28. The quantitative estimate of drug-likeness (QED) is 0.255. The van der Waals surface area contributed by atoms with E-state index < -0.39 is 28.5 Å². The molecule has 10 nitrogen and oxygen atoms in total. The Morgan fingerprint density at radius 1 is 1.09 bits per heavy atom. The van der Waals surface area contributed by atoms with Gasteiger partial charge in [-0.1, -0.05) is 24.3 Å². The molecule has 1 aromatic carbocycles. The third-order valence-corrected chi connectivity index (χ3v) is 9.60. The number of likely N-dealkylation sites (N-methyl/N-ethyl adjacent to an activating group) is 1. The Balaban J connectivity index is 1.26. The number of benzene rings is 1. The average Bonchev–Trinajstić information content (AvgIpc) is 3.55. The monoisotopic (exact) mass is 651 g/mol. The minimum absolute atomic E-state index is 0.0170. The number of methoxy groups -OCH3 is 2. The molecule has 4 aromatic rings. The third-order valence-electron chi connectivity index (χ3n) is 7.56. The largest absolute Gasteiger partial charge is 0.494 e. The number of alkyl halides is 3. The minimum atomic E-state index is -4.35. The molecule has 0 bridgehead atoms. The number of hydrogen-bond donors (Lipinski definition) is 2. The highest BCUT2D eigenvalue weighted by Gasteiger charge is 2.37. The van der Waals surface area contributed by atoms with Gasteiger partial charge in [-0.2, -0.15) is 23.1 Å². The summed E-state index contributed by atoms with van der Waals surface area (Å²) in [6.45, 7) is 0.541. The topological polar surface area (TPSA) is 127 Å². The first-order valence-electron chi connectivity index (χ1n) is 13.6. The Morgan fingerprint density at radius 3 is 2.45 bits per heavy atom. The molecule has 1 aliphatic rings. The van der Waals surface area contributed by atoms with Gasteiger partial charge in [0.25, 0.3) is 0 Å². The lowest BCUT2D eigenvalue weighted by Crippen LogP contribution is -2.38. The van der Waals surface area contributed by atoms with Crippen LogP contribution in [0.1, 0.15) is 23.3 Å². The van der Waals surface area contributed by atoms with Gasteiger partial charge in [0.2, 0.25) is 0 Å². The number of aliphatic hydroxyl groups excluding tert-OH is 1. The number of halogens is 3. The lowest BCUT2D eigenvalue weighted by atomic mass is 10.1. The van der Waals surface area contributed by atoms with E-state index in [1.807, 2.05) is 24.3 Å². The van der Waals surface area contributed by atoms with Crippen LogP contribution in [0.4, 0.5) is 19.0 Å². The summed E-state index contributed by atoms with van der Waals surface area (Å²) in [4.78, 5) is 15.1. The summed E-state index contributed by atoms with van der Waals surface area (Å²) in [6, 6.07) is 10.5. The van der Waals surface area contributed by atoms with E-state index in [9.17, 15) is 26.7 Å². The molecule has 1 saturated carbocycles. The predicted octanol–water partition coefficient (Wildman–Crippen LogP) is 4.40. The van der Waals surface area contributed by atoms with Crippen LogP contribution in [0.25, 0.3) is 21.3 Å². The molecule has 0 unspecified atom stereocenters. The van der Waals surface area contributed by atoms with Gasteiger partial charge in [0.05, 0.1) is 38.2 Å². The first kappa shape index (κ1) is 31.9. The zero-order valence-electron chi connectivity index (χ0n) is 24.4. The molecule has 5 rings (SSSR count). The molecule has 44 heavy (non-hydrogen) atoms. The van der Waals surface area contributed by atoms with Crippen LogP contribution in [0.5, 0.6) is 11.8 Å². The number of aromatic nitrogens is 3. The first-order valence-corrected chi connectivity index (χ1v) is 16.4. The molecule has 3 atom stereocenters. The molecular formula is C29H32F3N5O5S2. The molecular weight excluding hydrogens is 619 g/mol. The minimum Gasteiger partial charge on any atom is -0.494 e. The van der Waals surface area contributed by atoms with Crippen molar-refractivity contribution in [2.75, 3.05) is 32.4 Å². The van der Waals surface area contributed by atoms with E-state index in [1.165, 1.54) is 26.5 Å². The third kappa shape index (κ3) is 7.06. The number of ether oxygens (including phenoxy) is 2. The van der Waals surface area contributed by atoms with Gasteiger partial charge in [-0.05, 0) is 36.1 Å². The number of nitrogens with one attached hydrogen (secondary N) is 1. The van der Waals surface area contributed by atoms with E-state index in [-0.39, 0.29) is 33.7 Å². The standard InChI is InChI=1S/C29H32F3N5O5S2/c1-37(25-21-12-20(13-29(30,31)32)43-26(21)36-28(35-25)42-3)22-10-19(11-23(22)38)33-14-16-5-7-17(8-6-16)18-9-24(41-2)27(34-15-18)44(4,39)40/h5-9,12,15,19,22-23,33,38H,10-11,13-14H2,1-4H3/t19-,22+,23-/m1/s1. The molecule has 2 N–H and O–H groups in total.